The number of hydrogen-bond donors (Lipinski definition) is 1. The Morgan fingerprint density at radius 2 is 1.79 bits per heavy atom. The number of rotatable bonds is 1. The second kappa shape index (κ2) is 2.73. The van der Waals surface area contributed by atoms with Gasteiger partial charge in [-0.3, -0.25) is 0 Å². The third-order valence-corrected chi connectivity index (χ3v) is 5.36. The van der Waals surface area contributed by atoms with E-state index in [2.05, 4.69) is 39.8 Å². The van der Waals surface area contributed by atoms with Gasteiger partial charge in [0.2, 0.25) is 0 Å². The highest BCUT2D eigenvalue weighted by Gasteiger charge is 2.66. The highest BCUT2D eigenvalue weighted by Crippen LogP contribution is 2.66. The third kappa shape index (κ3) is 0.938. The standard InChI is InChI=1S/C12H23NO/c1-11(2)8-6-7-12(11,3)10(14)9(8)13(4)5/h8-10,14H,6-7H2,1-5H3/t8?,9-,10-,12+/m1/s1. The van der Waals surface area contributed by atoms with E-state index in [0.717, 1.165) is 0 Å². The summed E-state index contributed by atoms with van der Waals surface area (Å²) >= 11 is 0. The van der Waals surface area contributed by atoms with E-state index in [1.54, 1.807) is 0 Å². The Bertz CT molecular complexity index is 249. The van der Waals surface area contributed by atoms with Gasteiger partial charge in [-0.1, -0.05) is 20.8 Å². The van der Waals surface area contributed by atoms with Crippen molar-refractivity contribution in [2.75, 3.05) is 14.1 Å². The van der Waals surface area contributed by atoms with E-state index in [1.807, 2.05) is 0 Å². The molecule has 0 aromatic carbocycles. The van der Waals surface area contributed by atoms with E-state index < -0.39 is 0 Å². The average Bonchev–Trinajstić information content (AvgIpc) is 2.35. The van der Waals surface area contributed by atoms with Crippen LogP contribution >= 0.6 is 0 Å². The molecule has 0 amide bonds. The molecule has 0 spiro atoms. The van der Waals surface area contributed by atoms with Crippen molar-refractivity contribution in [1.29, 1.82) is 0 Å². The minimum Gasteiger partial charge on any atom is -0.391 e. The number of aliphatic hydroxyl groups is 1. The van der Waals surface area contributed by atoms with Crippen molar-refractivity contribution < 1.29 is 5.11 Å². The summed E-state index contributed by atoms with van der Waals surface area (Å²) in [4.78, 5) is 2.21. The Kier molecular flexibility index (Phi) is 2.04. The lowest BCUT2D eigenvalue weighted by molar-refractivity contribution is -0.0195. The molecule has 2 aliphatic rings. The molecule has 2 nitrogen and oxygen atoms in total. The van der Waals surface area contributed by atoms with Gasteiger partial charge in [-0.15, -0.1) is 0 Å². The number of nitrogens with zero attached hydrogens (tertiary/aromatic N) is 1. The molecule has 1 unspecified atom stereocenters. The summed E-state index contributed by atoms with van der Waals surface area (Å²) in [5, 5.41) is 10.4. The van der Waals surface area contributed by atoms with E-state index in [1.165, 1.54) is 12.8 Å². The van der Waals surface area contributed by atoms with Crippen LogP contribution in [0.4, 0.5) is 0 Å². The van der Waals surface area contributed by atoms with Crippen LogP contribution in [0.3, 0.4) is 0 Å². The van der Waals surface area contributed by atoms with Gasteiger partial charge in [0.15, 0.2) is 0 Å². The SMILES string of the molecule is CN(C)[C@@H]1C2CC[C@@](C)([C@@H]1O)C2(C)C. The first-order valence-electron chi connectivity index (χ1n) is 5.67. The third-order valence-electron chi connectivity index (χ3n) is 5.36. The molecule has 82 valence electrons. The number of likely N-dealkylation sites (N-methyl/N-ethyl adjacent to an activating group) is 1. The minimum atomic E-state index is -0.147. The van der Waals surface area contributed by atoms with Crippen molar-refractivity contribution in [3.8, 4) is 0 Å². The Morgan fingerprint density at radius 3 is 2.07 bits per heavy atom. The summed E-state index contributed by atoms with van der Waals surface area (Å²) in [5.74, 6) is 0.664. The van der Waals surface area contributed by atoms with Crippen molar-refractivity contribution in [1.82, 2.24) is 4.90 Å². The molecule has 14 heavy (non-hydrogen) atoms. The maximum absolute atomic E-state index is 10.4. The monoisotopic (exact) mass is 197 g/mol. The summed E-state index contributed by atoms with van der Waals surface area (Å²) in [7, 11) is 4.18. The predicted octanol–water partition coefficient (Wildman–Crippen LogP) is 1.73. The molecule has 0 aliphatic heterocycles. The lowest BCUT2D eigenvalue weighted by Crippen LogP contribution is -2.46. The van der Waals surface area contributed by atoms with Crippen molar-refractivity contribution in [3.63, 3.8) is 0 Å². The molecule has 2 rings (SSSR count). The van der Waals surface area contributed by atoms with Crippen LogP contribution in [0.25, 0.3) is 0 Å². The first-order chi connectivity index (χ1) is 6.32. The largest absolute Gasteiger partial charge is 0.391 e. The molecule has 0 radical (unpaired) electrons. The molecule has 0 aromatic rings. The zero-order valence-electron chi connectivity index (χ0n) is 10.0. The summed E-state index contributed by atoms with van der Waals surface area (Å²) in [6, 6.07) is 0.365. The van der Waals surface area contributed by atoms with Gasteiger partial charge in [0, 0.05) is 11.5 Å². The first kappa shape index (κ1) is 10.4. The number of hydrogen-bond acceptors (Lipinski definition) is 2. The molecule has 2 heteroatoms. The molecular formula is C12H23NO. The molecule has 0 saturated heterocycles. The lowest BCUT2D eigenvalue weighted by atomic mass is 9.70. The van der Waals surface area contributed by atoms with Gasteiger partial charge in [-0.2, -0.15) is 0 Å². The fraction of sp³-hybridized carbons (Fsp3) is 1.00. The molecule has 1 N–H and O–H groups in total. The van der Waals surface area contributed by atoms with Crippen LogP contribution in [0, 0.1) is 16.7 Å². The van der Waals surface area contributed by atoms with Crippen LogP contribution in [-0.4, -0.2) is 36.2 Å². The Labute approximate surface area is 87.3 Å². The Morgan fingerprint density at radius 1 is 1.21 bits per heavy atom. The van der Waals surface area contributed by atoms with Gasteiger partial charge < -0.3 is 10.0 Å². The lowest BCUT2D eigenvalue weighted by Gasteiger charge is -2.38. The van der Waals surface area contributed by atoms with Gasteiger partial charge in [0.1, 0.15) is 0 Å². The van der Waals surface area contributed by atoms with E-state index >= 15 is 0 Å². The normalized spacial score (nSPS) is 50.4. The van der Waals surface area contributed by atoms with Crippen LogP contribution in [0.1, 0.15) is 33.6 Å². The summed E-state index contributed by atoms with van der Waals surface area (Å²) < 4.78 is 0. The van der Waals surface area contributed by atoms with Crippen molar-refractivity contribution >= 4 is 0 Å². The summed E-state index contributed by atoms with van der Waals surface area (Å²) in [6.45, 7) is 6.93. The maximum atomic E-state index is 10.4. The van der Waals surface area contributed by atoms with Crippen LogP contribution in [0.5, 0.6) is 0 Å². The van der Waals surface area contributed by atoms with E-state index in [0.29, 0.717) is 17.4 Å². The van der Waals surface area contributed by atoms with E-state index in [4.69, 9.17) is 0 Å². The Balaban J connectivity index is 2.39. The second-order valence-electron chi connectivity index (χ2n) is 6.18. The van der Waals surface area contributed by atoms with Gasteiger partial charge >= 0.3 is 0 Å². The second-order valence-corrected chi connectivity index (χ2v) is 6.18. The number of fused-ring (bicyclic) bond motifs is 2. The highest BCUT2D eigenvalue weighted by molar-refractivity contribution is 5.16. The predicted molar refractivity (Wildman–Crippen MR) is 58.1 cm³/mol. The van der Waals surface area contributed by atoms with E-state index in [-0.39, 0.29) is 11.5 Å². The summed E-state index contributed by atoms with van der Waals surface area (Å²) in [6.07, 6.45) is 2.32. The smallest absolute Gasteiger partial charge is 0.0756 e. The average molecular weight is 197 g/mol. The molecule has 2 aliphatic carbocycles. The first-order valence-corrected chi connectivity index (χ1v) is 5.67. The van der Waals surface area contributed by atoms with Gasteiger partial charge in [0.25, 0.3) is 0 Å². The quantitative estimate of drug-likeness (QED) is 0.692. The van der Waals surface area contributed by atoms with Crippen LogP contribution in [-0.2, 0) is 0 Å². The maximum Gasteiger partial charge on any atom is 0.0756 e. The molecule has 0 heterocycles. The fourth-order valence-corrected chi connectivity index (χ4v) is 3.93. The van der Waals surface area contributed by atoms with Crippen molar-refractivity contribution in [2.24, 2.45) is 16.7 Å². The van der Waals surface area contributed by atoms with Gasteiger partial charge in [-0.25, -0.2) is 0 Å². The highest BCUT2D eigenvalue weighted by atomic mass is 16.3. The van der Waals surface area contributed by atoms with Crippen LogP contribution in [0.15, 0.2) is 0 Å². The molecule has 4 atom stereocenters. The molecule has 0 aromatic heterocycles. The fourth-order valence-electron chi connectivity index (χ4n) is 3.93. The Hall–Kier alpha value is -0.0800. The zero-order valence-corrected chi connectivity index (χ0v) is 10.0. The van der Waals surface area contributed by atoms with Crippen molar-refractivity contribution in [2.45, 2.75) is 45.8 Å². The number of aliphatic hydroxyl groups excluding tert-OH is 1. The zero-order chi connectivity index (χ0) is 10.7. The van der Waals surface area contributed by atoms with Crippen molar-refractivity contribution in [3.05, 3.63) is 0 Å². The molecule has 2 fully saturated rings. The van der Waals surface area contributed by atoms with Gasteiger partial charge in [-0.05, 0) is 38.3 Å². The molecule has 2 bridgehead atoms. The van der Waals surface area contributed by atoms with Crippen LogP contribution < -0.4 is 0 Å². The minimum absolute atomic E-state index is 0.132. The molecule has 2 saturated carbocycles. The van der Waals surface area contributed by atoms with E-state index in [9.17, 15) is 5.11 Å². The van der Waals surface area contributed by atoms with Crippen LogP contribution in [0.2, 0.25) is 0 Å². The molecular weight excluding hydrogens is 174 g/mol. The summed E-state index contributed by atoms with van der Waals surface area (Å²) in [5.41, 5.74) is 0.425. The van der Waals surface area contributed by atoms with Gasteiger partial charge in [0.05, 0.1) is 6.10 Å². The topological polar surface area (TPSA) is 23.5 Å².